The van der Waals surface area contributed by atoms with Crippen molar-refractivity contribution in [1.82, 2.24) is 0 Å². The van der Waals surface area contributed by atoms with Gasteiger partial charge in [-0.2, -0.15) is 0 Å². The molecule has 4 heteroatoms. The number of phenolic OH excluding ortho intramolecular Hbond substituents is 2. The lowest BCUT2D eigenvalue weighted by Crippen LogP contribution is -2.11. The van der Waals surface area contributed by atoms with Crippen molar-refractivity contribution in [2.45, 2.75) is 13.2 Å². The molecule has 2 N–H and O–H groups in total. The highest BCUT2D eigenvalue weighted by molar-refractivity contribution is 5.31. The van der Waals surface area contributed by atoms with E-state index >= 15 is 0 Å². The van der Waals surface area contributed by atoms with Crippen LogP contribution in [0.2, 0.25) is 0 Å². The molecule has 2 rings (SSSR count). The van der Waals surface area contributed by atoms with Gasteiger partial charge in [-0.1, -0.05) is 0 Å². The van der Waals surface area contributed by atoms with Crippen LogP contribution in [0.25, 0.3) is 0 Å². The van der Waals surface area contributed by atoms with Crippen LogP contribution >= 0.6 is 0 Å². The molecule has 0 radical (unpaired) electrons. The third kappa shape index (κ3) is 3.63. The fourth-order valence-corrected chi connectivity index (χ4v) is 1.63. The summed E-state index contributed by atoms with van der Waals surface area (Å²) in [7, 11) is 0. The second-order valence-electron chi connectivity index (χ2n) is 3.99. The normalized spacial score (nSPS) is 12.1. The van der Waals surface area contributed by atoms with Crippen LogP contribution in [-0.2, 0) is 4.74 Å². The first kappa shape index (κ1) is 13.2. The third-order valence-corrected chi connectivity index (χ3v) is 2.56. The average molecular weight is 260 g/mol. The molecule has 0 saturated heterocycles. The standard InChI is InChI=1S/C15H16O4/c1-2-18-15(11-3-5-12(16)6-4-11)19-14-9-7-13(17)8-10-14/h3-10,15-17H,2H2,1H3. The number of ether oxygens (including phenoxy) is 2. The summed E-state index contributed by atoms with van der Waals surface area (Å²) in [6.45, 7) is 2.39. The van der Waals surface area contributed by atoms with Crippen molar-refractivity contribution in [1.29, 1.82) is 0 Å². The van der Waals surface area contributed by atoms with Crippen LogP contribution in [0.5, 0.6) is 17.2 Å². The molecule has 4 nitrogen and oxygen atoms in total. The third-order valence-electron chi connectivity index (χ3n) is 2.56. The van der Waals surface area contributed by atoms with Crippen molar-refractivity contribution in [3.63, 3.8) is 0 Å². The van der Waals surface area contributed by atoms with Crippen molar-refractivity contribution >= 4 is 0 Å². The van der Waals surface area contributed by atoms with Crippen LogP contribution in [-0.4, -0.2) is 16.8 Å². The Morgan fingerprint density at radius 3 is 1.95 bits per heavy atom. The number of rotatable bonds is 5. The van der Waals surface area contributed by atoms with E-state index in [-0.39, 0.29) is 11.5 Å². The van der Waals surface area contributed by atoms with Crippen LogP contribution in [0.15, 0.2) is 48.5 Å². The Morgan fingerprint density at radius 2 is 1.42 bits per heavy atom. The van der Waals surface area contributed by atoms with Crippen LogP contribution in [0.1, 0.15) is 18.8 Å². The second kappa shape index (κ2) is 6.11. The fourth-order valence-electron chi connectivity index (χ4n) is 1.63. The van der Waals surface area contributed by atoms with Crippen molar-refractivity contribution in [3.8, 4) is 17.2 Å². The average Bonchev–Trinajstić information content (AvgIpc) is 2.42. The van der Waals surface area contributed by atoms with Crippen molar-refractivity contribution in [3.05, 3.63) is 54.1 Å². The summed E-state index contributed by atoms with van der Waals surface area (Å²) in [5.41, 5.74) is 0.813. The molecule has 0 aliphatic carbocycles. The maximum absolute atomic E-state index is 9.28. The molecule has 2 aromatic carbocycles. The van der Waals surface area contributed by atoms with Gasteiger partial charge < -0.3 is 19.7 Å². The first-order valence-corrected chi connectivity index (χ1v) is 6.05. The van der Waals surface area contributed by atoms with Gasteiger partial charge in [0.25, 0.3) is 0 Å². The maximum atomic E-state index is 9.28. The fraction of sp³-hybridized carbons (Fsp3) is 0.200. The minimum atomic E-state index is -0.546. The van der Waals surface area contributed by atoms with Gasteiger partial charge in [0, 0.05) is 12.2 Å². The van der Waals surface area contributed by atoms with E-state index in [2.05, 4.69) is 0 Å². The van der Waals surface area contributed by atoms with Crippen molar-refractivity contribution in [2.75, 3.05) is 6.61 Å². The van der Waals surface area contributed by atoms with E-state index in [4.69, 9.17) is 9.47 Å². The summed E-state index contributed by atoms with van der Waals surface area (Å²) < 4.78 is 11.3. The van der Waals surface area contributed by atoms with Gasteiger partial charge in [0.1, 0.15) is 17.2 Å². The predicted octanol–water partition coefficient (Wildman–Crippen LogP) is 3.21. The van der Waals surface area contributed by atoms with E-state index in [1.165, 1.54) is 0 Å². The lowest BCUT2D eigenvalue weighted by molar-refractivity contribution is -0.0786. The Morgan fingerprint density at radius 1 is 0.895 bits per heavy atom. The molecular weight excluding hydrogens is 244 g/mol. The minimum Gasteiger partial charge on any atom is -0.508 e. The van der Waals surface area contributed by atoms with Gasteiger partial charge >= 0.3 is 0 Å². The van der Waals surface area contributed by atoms with E-state index in [0.717, 1.165) is 5.56 Å². The topological polar surface area (TPSA) is 58.9 Å². The second-order valence-corrected chi connectivity index (χ2v) is 3.99. The number of benzene rings is 2. The Kier molecular flexibility index (Phi) is 4.26. The quantitative estimate of drug-likeness (QED) is 0.810. The van der Waals surface area contributed by atoms with Gasteiger partial charge in [0.05, 0.1) is 0 Å². The first-order valence-electron chi connectivity index (χ1n) is 6.05. The van der Waals surface area contributed by atoms with Gasteiger partial charge in [-0.05, 0) is 55.5 Å². The Balaban J connectivity index is 2.15. The van der Waals surface area contributed by atoms with E-state index in [9.17, 15) is 10.2 Å². The molecule has 0 amide bonds. The molecule has 0 aliphatic rings. The van der Waals surface area contributed by atoms with Crippen LogP contribution in [0.4, 0.5) is 0 Å². The molecular formula is C15H16O4. The van der Waals surface area contributed by atoms with Crippen LogP contribution in [0, 0.1) is 0 Å². The SMILES string of the molecule is CCOC(Oc1ccc(O)cc1)c1ccc(O)cc1. The molecule has 0 aliphatic heterocycles. The smallest absolute Gasteiger partial charge is 0.226 e. The molecule has 0 heterocycles. The Hall–Kier alpha value is -2.20. The van der Waals surface area contributed by atoms with Crippen LogP contribution < -0.4 is 4.74 Å². The molecule has 100 valence electrons. The zero-order chi connectivity index (χ0) is 13.7. The summed E-state index contributed by atoms with van der Waals surface area (Å²) >= 11 is 0. The monoisotopic (exact) mass is 260 g/mol. The van der Waals surface area contributed by atoms with E-state index in [0.29, 0.717) is 12.4 Å². The summed E-state index contributed by atoms with van der Waals surface area (Å²) in [6, 6.07) is 13.1. The van der Waals surface area contributed by atoms with Crippen molar-refractivity contribution in [2.24, 2.45) is 0 Å². The zero-order valence-corrected chi connectivity index (χ0v) is 10.6. The highest BCUT2D eigenvalue weighted by Gasteiger charge is 2.13. The molecule has 0 spiro atoms. The zero-order valence-electron chi connectivity index (χ0n) is 10.6. The van der Waals surface area contributed by atoms with E-state index < -0.39 is 6.29 Å². The maximum Gasteiger partial charge on any atom is 0.226 e. The van der Waals surface area contributed by atoms with E-state index in [1.807, 2.05) is 6.92 Å². The van der Waals surface area contributed by atoms with Gasteiger partial charge in [-0.3, -0.25) is 0 Å². The summed E-state index contributed by atoms with van der Waals surface area (Å²) in [5.74, 6) is 0.984. The van der Waals surface area contributed by atoms with E-state index in [1.54, 1.807) is 48.5 Å². The summed E-state index contributed by atoms with van der Waals surface area (Å²) in [4.78, 5) is 0. The summed E-state index contributed by atoms with van der Waals surface area (Å²) in [5, 5.41) is 18.5. The predicted molar refractivity (Wildman–Crippen MR) is 71.2 cm³/mol. The largest absolute Gasteiger partial charge is 0.508 e. The number of phenols is 2. The molecule has 1 atom stereocenters. The molecule has 1 unspecified atom stereocenters. The Labute approximate surface area is 111 Å². The summed E-state index contributed by atoms with van der Waals surface area (Å²) in [6.07, 6.45) is -0.546. The lowest BCUT2D eigenvalue weighted by atomic mass is 10.2. The van der Waals surface area contributed by atoms with Gasteiger partial charge in [-0.15, -0.1) is 0 Å². The molecule has 0 bridgehead atoms. The van der Waals surface area contributed by atoms with Gasteiger partial charge in [0.15, 0.2) is 0 Å². The molecule has 0 saturated carbocycles. The first-order chi connectivity index (χ1) is 9.19. The lowest BCUT2D eigenvalue weighted by Gasteiger charge is -2.19. The molecule has 0 fully saturated rings. The highest BCUT2D eigenvalue weighted by atomic mass is 16.7. The minimum absolute atomic E-state index is 0.185. The number of hydrogen-bond donors (Lipinski definition) is 2. The number of hydrogen-bond acceptors (Lipinski definition) is 4. The van der Waals surface area contributed by atoms with Crippen LogP contribution in [0.3, 0.4) is 0 Å². The molecule has 19 heavy (non-hydrogen) atoms. The van der Waals surface area contributed by atoms with Gasteiger partial charge in [0.2, 0.25) is 6.29 Å². The Bertz CT molecular complexity index is 505. The molecule has 2 aromatic rings. The van der Waals surface area contributed by atoms with Crippen molar-refractivity contribution < 1.29 is 19.7 Å². The van der Waals surface area contributed by atoms with Gasteiger partial charge in [-0.25, -0.2) is 0 Å². The highest BCUT2D eigenvalue weighted by Crippen LogP contribution is 2.25. The molecule has 0 aromatic heterocycles. The number of aromatic hydroxyl groups is 2.